The molecule has 0 aliphatic heterocycles. The summed E-state index contributed by atoms with van der Waals surface area (Å²) in [7, 11) is 0. The number of nitrogens with zero attached hydrogens (tertiary/aromatic N) is 4. The van der Waals surface area contributed by atoms with Gasteiger partial charge in [0.15, 0.2) is 5.78 Å². The first-order valence-corrected chi connectivity index (χ1v) is 6.82. The molecule has 0 spiro atoms. The predicted molar refractivity (Wildman–Crippen MR) is 79.0 cm³/mol. The summed E-state index contributed by atoms with van der Waals surface area (Å²) in [6.07, 6.45) is 0. The maximum absolute atomic E-state index is 13.1. The molecular formula is C15H10ClFN4O. The van der Waals surface area contributed by atoms with Crippen LogP contribution in [0.5, 0.6) is 0 Å². The zero-order valence-corrected chi connectivity index (χ0v) is 12.0. The third-order valence-corrected chi connectivity index (χ3v) is 3.20. The number of halogens is 2. The van der Waals surface area contributed by atoms with Crippen molar-refractivity contribution < 1.29 is 9.18 Å². The fourth-order valence-electron chi connectivity index (χ4n) is 1.93. The van der Waals surface area contributed by atoms with Gasteiger partial charge >= 0.3 is 0 Å². The van der Waals surface area contributed by atoms with Crippen molar-refractivity contribution in [3.63, 3.8) is 0 Å². The van der Waals surface area contributed by atoms with Crippen LogP contribution in [0.15, 0.2) is 48.5 Å². The van der Waals surface area contributed by atoms with Crippen LogP contribution >= 0.6 is 11.6 Å². The lowest BCUT2D eigenvalue weighted by molar-refractivity contribution is 0.0961. The Bertz CT molecular complexity index is 834. The van der Waals surface area contributed by atoms with E-state index in [4.69, 9.17) is 11.6 Å². The average molecular weight is 317 g/mol. The van der Waals surface area contributed by atoms with Gasteiger partial charge in [-0.25, -0.2) is 4.39 Å². The minimum Gasteiger partial charge on any atom is -0.292 e. The molecule has 0 N–H and O–H groups in total. The predicted octanol–water partition coefficient (Wildman–Crippen LogP) is 3.02. The molecule has 0 bridgehead atoms. The Labute approximate surface area is 130 Å². The summed E-state index contributed by atoms with van der Waals surface area (Å²) < 4.78 is 13.1. The van der Waals surface area contributed by atoms with E-state index >= 15 is 0 Å². The van der Waals surface area contributed by atoms with E-state index in [0.29, 0.717) is 16.4 Å². The summed E-state index contributed by atoms with van der Waals surface area (Å²) in [6.45, 7) is -0.114. The molecule has 5 nitrogen and oxygen atoms in total. The van der Waals surface area contributed by atoms with E-state index in [-0.39, 0.29) is 17.9 Å². The van der Waals surface area contributed by atoms with Crippen LogP contribution in [0.3, 0.4) is 0 Å². The number of Topliss-reactive ketones (excluding diaryl/α,β-unsaturated/α-hetero) is 1. The van der Waals surface area contributed by atoms with E-state index in [0.717, 1.165) is 0 Å². The second-order valence-electron chi connectivity index (χ2n) is 4.59. The second kappa shape index (κ2) is 6.03. The van der Waals surface area contributed by atoms with Crippen LogP contribution in [0.4, 0.5) is 4.39 Å². The molecule has 0 atom stereocenters. The van der Waals surface area contributed by atoms with Gasteiger partial charge in [-0.15, -0.1) is 10.2 Å². The highest BCUT2D eigenvalue weighted by Crippen LogP contribution is 2.18. The van der Waals surface area contributed by atoms with Crippen molar-refractivity contribution in [1.29, 1.82) is 0 Å². The third-order valence-electron chi connectivity index (χ3n) is 2.97. The molecule has 0 amide bonds. The number of rotatable bonds is 4. The van der Waals surface area contributed by atoms with Gasteiger partial charge in [-0.05, 0) is 29.5 Å². The first kappa shape index (κ1) is 14.3. The Balaban J connectivity index is 1.78. The quantitative estimate of drug-likeness (QED) is 0.694. The van der Waals surface area contributed by atoms with E-state index < -0.39 is 5.82 Å². The molecule has 3 rings (SSSR count). The van der Waals surface area contributed by atoms with Crippen LogP contribution in [0.1, 0.15) is 10.4 Å². The summed E-state index contributed by atoms with van der Waals surface area (Å²) >= 11 is 5.91. The Hall–Kier alpha value is -2.60. The maximum atomic E-state index is 13.1. The Kier molecular flexibility index (Phi) is 3.93. The van der Waals surface area contributed by atoms with Crippen LogP contribution < -0.4 is 0 Å². The van der Waals surface area contributed by atoms with Crippen molar-refractivity contribution in [1.82, 2.24) is 20.2 Å². The average Bonchev–Trinajstić information content (AvgIpc) is 2.96. The molecule has 2 aromatic carbocycles. The highest BCUT2D eigenvalue weighted by molar-refractivity contribution is 6.30. The molecular weight excluding hydrogens is 307 g/mol. The van der Waals surface area contributed by atoms with Gasteiger partial charge in [-0.3, -0.25) is 4.79 Å². The number of hydrogen-bond donors (Lipinski definition) is 0. The van der Waals surface area contributed by atoms with Crippen LogP contribution in [0.2, 0.25) is 5.02 Å². The van der Waals surface area contributed by atoms with Gasteiger partial charge < -0.3 is 0 Å². The van der Waals surface area contributed by atoms with Crippen molar-refractivity contribution in [3.05, 3.63) is 64.9 Å². The highest BCUT2D eigenvalue weighted by atomic mass is 35.5. The lowest BCUT2D eigenvalue weighted by atomic mass is 10.1. The Morgan fingerprint density at radius 3 is 2.77 bits per heavy atom. The maximum Gasteiger partial charge on any atom is 0.204 e. The minimum atomic E-state index is -0.461. The first-order valence-electron chi connectivity index (χ1n) is 6.44. The minimum absolute atomic E-state index is 0.114. The molecule has 0 saturated carbocycles. The van der Waals surface area contributed by atoms with E-state index in [1.54, 1.807) is 30.3 Å². The van der Waals surface area contributed by atoms with Crippen molar-refractivity contribution in [2.24, 2.45) is 0 Å². The molecule has 7 heteroatoms. The van der Waals surface area contributed by atoms with Gasteiger partial charge in [0.2, 0.25) is 5.82 Å². The van der Waals surface area contributed by atoms with Crippen molar-refractivity contribution in [2.75, 3.05) is 0 Å². The SMILES string of the molecule is O=C(Cn1nnc(-c2cccc(Cl)c2)n1)c1cccc(F)c1. The number of carbonyl (C=O) groups excluding carboxylic acids is 1. The molecule has 0 saturated heterocycles. The highest BCUT2D eigenvalue weighted by Gasteiger charge is 2.11. The molecule has 1 heterocycles. The summed E-state index contributed by atoms with van der Waals surface area (Å²) in [5, 5.41) is 12.4. The van der Waals surface area contributed by atoms with Gasteiger partial charge in [-0.1, -0.05) is 35.9 Å². The normalized spacial score (nSPS) is 10.6. The molecule has 3 aromatic rings. The number of aromatic nitrogens is 4. The molecule has 1 aromatic heterocycles. The topological polar surface area (TPSA) is 60.7 Å². The Morgan fingerprint density at radius 2 is 2.00 bits per heavy atom. The molecule has 0 radical (unpaired) electrons. The largest absolute Gasteiger partial charge is 0.292 e. The van der Waals surface area contributed by atoms with Crippen molar-refractivity contribution in [2.45, 2.75) is 6.54 Å². The molecule has 22 heavy (non-hydrogen) atoms. The fraction of sp³-hybridized carbons (Fsp3) is 0.0667. The molecule has 0 fully saturated rings. The van der Waals surface area contributed by atoms with Crippen LogP contribution in [-0.2, 0) is 6.54 Å². The standard InChI is InChI=1S/C15H10ClFN4O/c16-12-5-1-4-11(7-12)15-18-20-21(19-15)9-14(22)10-3-2-6-13(17)8-10/h1-8H,9H2. The summed E-state index contributed by atoms with van der Waals surface area (Å²) in [4.78, 5) is 13.2. The number of benzene rings is 2. The van der Waals surface area contributed by atoms with Crippen LogP contribution in [0, 0.1) is 5.82 Å². The number of hydrogen-bond acceptors (Lipinski definition) is 4. The number of tetrazole rings is 1. The van der Waals surface area contributed by atoms with Crippen LogP contribution in [0.25, 0.3) is 11.4 Å². The molecule has 0 unspecified atom stereocenters. The summed E-state index contributed by atoms with van der Waals surface area (Å²) in [6, 6.07) is 12.5. The zero-order chi connectivity index (χ0) is 15.5. The summed E-state index contributed by atoms with van der Waals surface area (Å²) in [5.74, 6) is -0.388. The lowest BCUT2D eigenvalue weighted by Gasteiger charge is -1.99. The van der Waals surface area contributed by atoms with E-state index in [1.807, 2.05) is 0 Å². The van der Waals surface area contributed by atoms with E-state index in [9.17, 15) is 9.18 Å². The van der Waals surface area contributed by atoms with Gasteiger partial charge in [0.1, 0.15) is 12.4 Å². The van der Waals surface area contributed by atoms with E-state index in [1.165, 1.54) is 23.0 Å². The van der Waals surface area contributed by atoms with Gasteiger partial charge in [0, 0.05) is 16.1 Å². The van der Waals surface area contributed by atoms with Gasteiger partial charge in [0.05, 0.1) is 0 Å². The lowest BCUT2D eigenvalue weighted by Crippen LogP contribution is -2.13. The first-order chi connectivity index (χ1) is 10.6. The zero-order valence-electron chi connectivity index (χ0n) is 11.3. The number of carbonyl (C=O) groups is 1. The van der Waals surface area contributed by atoms with E-state index in [2.05, 4.69) is 15.4 Å². The monoisotopic (exact) mass is 316 g/mol. The van der Waals surface area contributed by atoms with Crippen molar-refractivity contribution in [3.8, 4) is 11.4 Å². The molecule has 110 valence electrons. The van der Waals surface area contributed by atoms with Gasteiger partial charge in [0.25, 0.3) is 0 Å². The fourth-order valence-corrected chi connectivity index (χ4v) is 2.13. The third kappa shape index (κ3) is 3.17. The second-order valence-corrected chi connectivity index (χ2v) is 5.02. The van der Waals surface area contributed by atoms with Crippen molar-refractivity contribution >= 4 is 17.4 Å². The summed E-state index contributed by atoms with van der Waals surface area (Å²) in [5.41, 5.74) is 0.971. The molecule has 0 aliphatic carbocycles. The van der Waals surface area contributed by atoms with Crippen LogP contribution in [-0.4, -0.2) is 26.0 Å². The number of ketones is 1. The van der Waals surface area contributed by atoms with Gasteiger partial charge in [-0.2, -0.15) is 4.80 Å². The smallest absolute Gasteiger partial charge is 0.204 e. The Morgan fingerprint density at radius 1 is 1.18 bits per heavy atom. The molecule has 0 aliphatic rings.